The molecule has 0 bridgehead atoms. The van der Waals surface area contributed by atoms with Crippen LogP contribution in [-0.4, -0.2) is 5.11 Å². The fraction of sp³-hybridized carbons (Fsp3) is 0.455. The molecule has 0 spiro atoms. The van der Waals surface area contributed by atoms with Crippen molar-refractivity contribution in [3.05, 3.63) is 35.8 Å². The summed E-state index contributed by atoms with van der Waals surface area (Å²) in [7, 11) is 0. The molecular weight excluding hydrogens is 164 g/mol. The van der Waals surface area contributed by atoms with Crippen LogP contribution in [0.3, 0.4) is 0 Å². The van der Waals surface area contributed by atoms with Gasteiger partial charge in [-0.05, 0) is 25.5 Å². The lowest BCUT2D eigenvalue weighted by Crippen LogP contribution is -1.89. The number of hydrogen-bond donors (Lipinski definition) is 1. The number of allylic oxidation sites excluding steroid dienone is 1. The van der Waals surface area contributed by atoms with E-state index in [2.05, 4.69) is 6.92 Å². The van der Waals surface area contributed by atoms with Gasteiger partial charge in [0.1, 0.15) is 17.6 Å². The first-order valence-corrected chi connectivity index (χ1v) is 4.65. The standard InChI is InChI=1S/C11H16O2/c1-3-4-5-6-10(12)11-8-7-9(2)13-11/h5-8,10,12H,3-4H2,1-2H3/b6-5-. The van der Waals surface area contributed by atoms with Crippen molar-refractivity contribution in [3.8, 4) is 0 Å². The summed E-state index contributed by atoms with van der Waals surface area (Å²) in [6.45, 7) is 3.97. The normalized spacial score (nSPS) is 13.8. The highest BCUT2D eigenvalue weighted by Gasteiger charge is 2.06. The molecule has 1 atom stereocenters. The molecule has 2 nitrogen and oxygen atoms in total. The first kappa shape index (κ1) is 10.1. The van der Waals surface area contributed by atoms with Crippen LogP contribution in [0, 0.1) is 6.92 Å². The highest BCUT2D eigenvalue weighted by Crippen LogP contribution is 2.17. The van der Waals surface area contributed by atoms with Gasteiger partial charge in [0, 0.05) is 0 Å². The van der Waals surface area contributed by atoms with E-state index in [0.717, 1.165) is 18.6 Å². The molecule has 0 saturated carbocycles. The molecule has 0 amide bonds. The number of furan rings is 1. The van der Waals surface area contributed by atoms with Crippen LogP contribution in [0.4, 0.5) is 0 Å². The van der Waals surface area contributed by atoms with Gasteiger partial charge in [-0.15, -0.1) is 0 Å². The Morgan fingerprint density at radius 1 is 1.54 bits per heavy atom. The molecule has 1 aromatic heterocycles. The maximum absolute atomic E-state index is 9.58. The molecule has 1 unspecified atom stereocenters. The van der Waals surface area contributed by atoms with Crippen molar-refractivity contribution in [2.45, 2.75) is 32.8 Å². The van der Waals surface area contributed by atoms with Gasteiger partial charge in [-0.3, -0.25) is 0 Å². The second-order valence-electron chi connectivity index (χ2n) is 3.11. The Bertz CT molecular complexity index is 273. The Balaban J connectivity index is 2.53. The van der Waals surface area contributed by atoms with Crippen molar-refractivity contribution in [2.24, 2.45) is 0 Å². The van der Waals surface area contributed by atoms with Crippen molar-refractivity contribution in [1.29, 1.82) is 0 Å². The molecule has 0 radical (unpaired) electrons. The molecule has 1 aromatic rings. The van der Waals surface area contributed by atoms with Gasteiger partial charge in [-0.1, -0.05) is 25.5 Å². The molecule has 0 saturated heterocycles. The Hall–Kier alpha value is -1.02. The van der Waals surface area contributed by atoms with Crippen LogP contribution in [-0.2, 0) is 0 Å². The Labute approximate surface area is 78.9 Å². The number of rotatable bonds is 4. The van der Waals surface area contributed by atoms with E-state index in [0.29, 0.717) is 5.76 Å². The molecule has 13 heavy (non-hydrogen) atoms. The van der Waals surface area contributed by atoms with Gasteiger partial charge in [-0.2, -0.15) is 0 Å². The lowest BCUT2D eigenvalue weighted by atomic mass is 10.2. The van der Waals surface area contributed by atoms with Gasteiger partial charge >= 0.3 is 0 Å². The zero-order valence-corrected chi connectivity index (χ0v) is 8.16. The highest BCUT2D eigenvalue weighted by molar-refractivity contribution is 5.12. The van der Waals surface area contributed by atoms with Crippen LogP contribution >= 0.6 is 0 Å². The second kappa shape index (κ2) is 4.87. The van der Waals surface area contributed by atoms with Gasteiger partial charge in [0.2, 0.25) is 0 Å². The molecule has 0 fully saturated rings. The third-order valence-electron chi connectivity index (χ3n) is 1.83. The van der Waals surface area contributed by atoms with Crippen LogP contribution in [0.2, 0.25) is 0 Å². The van der Waals surface area contributed by atoms with E-state index < -0.39 is 6.10 Å². The Morgan fingerprint density at radius 2 is 2.31 bits per heavy atom. The van der Waals surface area contributed by atoms with E-state index in [4.69, 9.17) is 4.42 Å². The Morgan fingerprint density at radius 3 is 2.85 bits per heavy atom. The fourth-order valence-corrected chi connectivity index (χ4v) is 1.10. The maximum atomic E-state index is 9.58. The summed E-state index contributed by atoms with van der Waals surface area (Å²) in [6, 6.07) is 3.66. The summed E-state index contributed by atoms with van der Waals surface area (Å²) in [4.78, 5) is 0. The number of aliphatic hydroxyl groups is 1. The van der Waals surface area contributed by atoms with Crippen molar-refractivity contribution in [3.63, 3.8) is 0 Å². The summed E-state index contributed by atoms with van der Waals surface area (Å²) in [5.74, 6) is 1.45. The third-order valence-corrected chi connectivity index (χ3v) is 1.83. The summed E-state index contributed by atoms with van der Waals surface area (Å²) in [6.07, 6.45) is 5.24. The van der Waals surface area contributed by atoms with Gasteiger partial charge < -0.3 is 9.52 Å². The predicted octanol–water partition coefficient (Wildman–Crippen LogP) is 2.98. The molecule has 72 valence electrons. The van der Waals surface area contributed by atoms with E-state index in [1.807, 2.05) is 19.1 Å². The van der Waals surface area contributed by atoms with E-state index in [9.17, 15) is 5.11 Å². The van der Waals surface area contributed by atoms with Crippen molar-refractivity contribution in [2.75, 3.05) is 0 Å². The van der Waals surface area contributed by atoms with Crippen LogP contribution in [0.15, 0.2) is 28.7 Å². The van der Waals surface area contributed by atoms with E-state index in [1.54, 1.807) is 12.1 Å². The highest BCUT2D eigenvalue weighted by atomic mass is 16.4. The summed E-state index contributed by atoms with van der Waals surface area (Å²) < 4.78 is 5.27. The third kappa shape index (κ3) is 3.07. The number of unbranched alkanes of at least 4 members (excludes halogenated alkanes) is 1. The molecule has 2 heteroatoms. The van der Waals surface area contributed by atoms with E-state index in [1.165, 1.54) is 0 Å². The average molecular weight is 180 g/mol. The SMILES string of the molecule is CCC/C=C\C(O)c1ccc(C)o1. The first-order valence-electron chi connectivity index (χ1n) is 4.65. The fourth-order valence-electron chi connectivity index (χ4n) is 1.10. The largest absolute Gasteiger partial charge is 0.463 e. The van der Waals surface area contributed by atoms with Crippen LogP contribution in [0.1, 0.15) is 37.4 Å². The lowest BCUT2D eigenvalue weighted by molar-refractivity contribution is 0.195. The van der Waals surface area contributed by atoms with E-state index >= 15 is 0 Å². The minimum absolute atomic E-state index is 0.597. The summed E-state index contributed by atoms with van der Waals surface area (Å²) >= 11 is 0. The zero-order chi connectivity index (χ0) is 9.68. The molecule has 0 aliphatic rings. The van der Waals surface area contributed by atoms with Gasteiger partial charge in [0.25, 0.3) is 0 Å². The van der Waals surface area contributed by atoms with Crippen molar-refractivity contribution >= 4 is 0 Å². The molecule has 0 aromatic carbocycles. The number of aryl methyl sites for hydroxylation is 1. The smallest absolute Gasteiger partial charge is 0.136 e. The minimum Gasteiger partial charge on any atom is -0.463 e. The van der Waals surface area contributed by atoms with Crippen molar-refractivity contribution in [1.82, 2.24) is 0 Å². The molecule has 1 heterocycles. The predicted molar refractivity (Wildman–Crippen MR) is 52.5 cm³/mol. The van der Waals surface area contributed by atoms with Gasteiger partial charge in [-0.25, -0.2) is 0 Å². The monoisotopic (exact) mass is 180 g/mol. The maximum Gasteiger partial charge on any atom is 0.136 e. The minimum atomic E-state index is -0.597. The molecule has 0 aliphatic carbocycles. The Kier molecular flexibility index (Phi) is 3.77. The summed E-state index contributed by atoms with van der Waals surface area (Å²) in [5.41, 5.74) is 0. The van der Waals surface area contributed by atoms with Crippen LogP contribution in [0.25, 0.3) is 0 Å². The second-order valence-corrected chi connectivity index (χ2v) is 3.11. The lowest BCUT2D eigenvalue weighted by Gasteiger charge is -1.99. The molecule has 1 rings (SSSR count). The summed E-state index contributed by atoms with van der Waals surface area (Å²) in [5, 5.41) is 9.58. The van der Waals surface area contributed by atoms with Crippen molar-refractivity contribution < 1.29 is 9.52 Å². The quantitative estimate of drug-likeness (QED) is 0.722. The molecular formula is C11H16O2. The van der Waals surface area contributed by atoms with Crippen LogP contribution < -0.4 is 0 Å². The zero-order valence-electron chi connectivity index (χ0n) is 8.16. The number of aliphatic hydroxyl groups excluding tert-OH is 1. The van der Waals surface area contributed by atoms with Gasteiger partial charge in [0.15, 0.2) is 0 Å². The first-order chi connectivity index (χ1) is 6.24. The van der Waals surface area contributed by atoms with E-state index in [-0.39, 0.29) is 0 Å². The van der Waals surface area contributed by atoms with Crippen LogP contribution in [0.5, 0.6) is 0 Å². The molecule has 1 N–H and O–H groups in total. The molecule has 0 aliphatic heterocycles. The van der Waals surface area contributed by atoms with Gasteiger partial charge in [0.05, 0.1) is 0 Å². The topological polar surface area (TPSA) is 33.4 Å². The average Bonchev–Trinajstić information content (AvgIpc) is 2.52. The number of hydrogen-bond acceptors (Lipinski definition) is 2.